The van der Waals surface area contributed by atoms with Gasteiger partial charge in [-0.3, -0.25) is 4.79 Å². The third-order valence-electron chi connectivity index (χ3n) is 3.63. The molecule has 3 N–H and O–H groups in total. The van der Waals surface area contributed by atoms with E-state index in [-0.39, 0.29) is 12.0 Å². The molecule has 0 spiro atoms. The third-order valence-corrected chi connectivity index (χ3v) is 3.63. The molecular formula is C11H21N3O2. The lowest BCUT2D eigenvalue weighted by molar-refractivity contribution is -0.139. The van der Waals surface area contributed by atoms with E-state index in [0.29, 0.717) is 5.91 Å². The minimum Gasteiger partial charge on any atom is -0.342 e. The number of hydrogen-bond acceptors (Lipinski definition) is 4. The van der Waals surface area contributed by atoms with Gasteiger partial charge >= 0.3 is 0 Å². The van der Waals surface area contributed by atoms with Crippen LogP contribution in [0.4, 0.5) is 0 Å². The number of nitrogens with one attached hydrogen (secondary N) is 1. The Bertz CT molecular complexity index is 233. The average molecular weight is 227 g/mol. The summed E-state index contributed by atoms with van der Waals surface area (Å²) in [5, 5.41) is 3.28. The smallest absolute Gasteiger partial charge is 0.225 e. The van der Waals surface area contributed by atoms with Crippen molar-refractivity contribution in [3.63, 3.8) is 0 Å². The van der Waals surface area contributed by atoms with Crippen LogP contribution in [-0.2, 0) is 9.63 Å². The van der Waals surface area contributed by atoms with Gasteiger partial charge < -0.3 is 15.1 Å². The normalized spacial score (nSPS) is 24.7. The summed E-state index contributed by atoms with van der Waals surface area (Å²) in [4.78, 5) is 19.0. The van der Waals surface area contributed by atoms with Gasteiger partial charge in [0.05, 0.1) is 6.10 Å². The molecule has 2 saturated heterocycles. The van der Waals surface area contributed by atoms with Crippen molar-refractivity contribution >= 4 is 5.91 Å². The molecule has 1 amide bonds. The van der Waals surface area contributed by atoms with E-state index in [1.807, 2.05) is 4.90 Å². The molecular weight excluding hydrogens is 206 g/mol. The number of carbonyl (C=O) groups excluding carboxylic acids is 1. The minimum absolute atomic E-state index is 0.136. The SMILES string of the molecule is NOC1CCN(C(=O)C2CCNCC2)CC1. The highest BCUT2D eigenvalue weighted by Crippen LogP contribution is 2.19. The van der Waals surface area contributed by atoms with Crippen LogP contribution in [0.3, 0.4) is 0 Å². The van der Waals surface area contributed by atoms with E-state index in [9.17, 15) is 4.79 Å². The number of nitrogens with zero attached hydrogens (tertiary/aromatic N) is 1. The van der Waals surface area contributed by atoms with Crippen molar-refractivity contribution in [3.8, 4) is 0 Å². The molecule has 0 unspecified atom stereocenters. The average Bonchev–Trinajstić information content (AvgIpc) is 2.39. The predicted molar refractivity (Wildman–Crippen MR) is 60.5 cm³/mol. The zero-order valence-corrected chi connectivity index (χ0v) is 9.65. The molecule has 0 aromatic rings. The summed E-state index contributed by atoms with van der Waals surface area (Å²) >= 11 is 0. The molecule has 2 fully saturated rings. The number of piperidine rings is 2. The summed E-state index contributed by atoms with van der Waals surface area (Å²) in [6, 6.07) is 0. The largest absolute Gasteiger partial charge is 0.342 e. The Balaban J connectivity index is 1.81. The first-order valence-electron chi connectivity index (χ1n) is 6.16. The van der Waals surface area contributed by atoms with Gasteiger partial charge in [-0.05, 0) is 38.8 Å². The van der Waals surface area contributed by atoms with E-state index in [0.717, 1.165) is 51.9 Å². The molecule has 0 aliphatic carbocycles. The molecule has 0 atom stereocenters. The van der Waals surface area contributed by atoms with Gasteiger partial charge in [0.2, 0.25) is 5.91 Å². The number of likely N-dealkylation sites (tertiary alicyclic amines) is 1. The van der Waals surface area contributed by atoms with Crippen LogP contribution < -0.4 is 11.2 Å². The van der Waals surface area contributed by atoms with Gasteiger partial charge in [0.1, 0.15) is 0 Å². The van der Waals surface area contributed by atoms with Crippen molar-refractivity contribution in [1.29, 1.82) is 0 Å². The van der Waals surface area contributed by atoms with Crippen LogP contribution in [0.15, 0.2) is 0 Å². The molecule has 0 saturated carbocycles. The topological polar surface area (TPSA) is 67.6 Å². The quantitative estimate of drug-likeness (QED) is 0.645. The fourth-order valence-corrected chi connectivity index (χ4v) is 2.54. The van der Waals surface area contributed by atoms with Crippen molar-refractivity contribution in [3.05, 3.63) is 0 Å². The maximum Gasteiger partial charge on any atom is 0.225 e. The van der Waals surface area contributed by atoms with E-state index in [1.54, 1.807) is 0 Å². The van der Waals surface area contributed by atoms with E-state index in [1.165, 1.54) is 0 Å². The highest BCUT2D eigenvalue weighted by molar-refractivity contribution is 5.79. The number of rotatable bonds is 2. The summed E-state index contributed by atoms with van der Waals surface area (Å²) in [6.45, 7) is 3.53. The zero-order valence-electron chi connectivity index (χ0n) is 9.65. The molecule has 0 bridgehead atoms. The lowest BCUT2D eigenvalue weighted by Gasteiger charge is -2.34. The van der Waals surface area contributed by atoms with Gasteiger partial charge in [0, 0.05) is 19.0 Å². The predicted octanol–water partition coefficient (Wildman–Crippen LogP) is -0.133. The molecule has 2 heterocycles. The molecule has 16 heavy (non-hydrogen) atoms. The lowest BCUT2D eigenvalue weighted by Crippen LogP contribution is -2.46. The summed E-state index contributed by atoms with van der Waals surface area (Å²) < 4.78 is 0. The van der Waals surface area contributed by atoms with Gasteiger partial charge in [-0.2, -0.15) is 0 Å². The number of carbonyl (C=O) groups is 1. The van der Waals surface area contributed by atoms with Crippen LogP contribution in [0, 0.1) is 5.92 Å². The second-order valence-corrected chi connectivity index (χ2v) is 4.69. The van der Waals surface area contributed by atoms with Gasteiger partial charge in [0.25, 0.3) is 0 Å². The first-order valence-corrected chi connectivity index (χ1v) is 6.16. The van der Waals surface area contributed by atoms with E-state index in [4.69, 9.17) is 10.7 Å². The van der Waals surface area contributed by atoms with Crippen LogP contribution in [0.25, 0.3) is 0 Å². The van der Waals surface area contributed by atoms with Crippen LogP contribution in [0.2, 0.25) is 0 Å². The Morgan fingerprint density at radius 1 is 1.19 bits per heavy atom. The Kier molecular flexibility index (Phi) is 4.15. The standard InChI is InChI=1S/C11H21N3O2/c12-16-10-3-7-14(8-4-10)11(15)9-1-5-13-6-2-9/h9-10,13H,1-8,12H2. The number of hydrogen-bond donors (Lipinski definition) is 2. The highest BCUT2D eigenvalue weighted by Gasteiger charge is 2.28. The molecule has 2 aliphatic rings. The van der Waals surface area contributed by atoms with E-state index >= 15 is 0 Å². The third kappa shape index (κ3) is 2.72. The Morgan fingerprint density at radius 2 is 1.81 bits per heavy atom. The van der Waals surface area contributed by atoms with Crippen molar-refractivity contribution < 1.29 is 9.63 Å². The Labute approximate surface area is 96.3 Å². The molecule has 92 valence electrons. The van der Waals surface area contributed by atoms with Gasteiger partial charge in [-0.25, -0.2) is 5.90 Å². The number of nitrogens with two attached hydrogens (primary N) is 1. The molecule has 2 rings (SSSR count). The van der Waals surface area contributed by atoms with Crippen LogP contribution in [0.1, 0.15) is 25.7 Å². The van der Waals surface area contributed by atoms with Gasteiger partial charge in [-0.1, -0.05) is 0 Å². The minimum atomic E-state index is 0.136. The number of amides is 1. The molecule has 0 radical (unpaired) electrons. The summed E-state index contributed by atoms with van der Waals surface area (Å²) in [5.74, 6) is 5.72. The van der Waals surface area contributed by atoms with Crippen molar-refractivity contribution in [2.75, 3.05) is 26.2 Å². The van der Waals surface area contributed by atoms with Crippen LogP contribution in [-0.4, -0.2) is 43.1 Å². The lowest BCUT2D eigenvalue weighted by atomic mass is 9.95. The molecule has 0 aromatic heterocycles. The molecule has 0 aromatic carbocycles. The summed E-state index contributed by atoms with van der Waals surface area (Å²) in [6.07, 6.45) is 3.83. The monoisotopic (exact) mass is 227 g/mol. The van der Waals surface area contributed by atoms with E-state index in [2.05, 4.69) is 5.32 Å². The maximum atomic E-state index is 12.2. The highest BCUT2D eigenvalue weighted by atomic mass is 16.6. The first kappa shape index (κ1) is 11.8. The van der Waals surface area contributed by atoms with Crippen LogP contribution in [0.5, 0.6) is 0 Å². The van der Waals surface area contributed by atoms with E-state index < -0.39 is 0 Å². The Morgan fingerprint density at radius 3 is 2.38 bits per heavy atom. The summed E-state index contributed by atoms with van der Waals surface area (Å²) in [5.41, 5.74) is 0. The second-order valence-electron chi connectivity index (χ2n) is 4.69. The van der Waals surface area contributed by atoms with Crippen molar-refractivity contribution in [2.45, 2.75) is 31.8 Å². The second kappa shape index (κ2) is 5.61. The fraction of sp³-hybridized carbons (Fsp3) is 0.909. The van der Waals surface area contributed by atoms with Crippen molar-refractivity contribution in [2.24, 2.45) is 11.8 Å². The molecule has 2 aliphatic heterocycles. The first-order chi connectivity index (χ1) is 7.81. The summed E-state index contributed by atoms with van der Waals surface area (Å²) in [7, 11) is 0. The molecule has 5 nitrogen and oxygen atoms in total. The maximum absolute atomic E-state index is 12.2. The zero-order chi connectivity index (χ0) is 11.4. The van der Waals surface area contributed by atoms with Crippen molar-refractivity contribution in [1.82, 2.24) is 10.2 Å². The van der Waals surface area contributed by atoms with Gasteiger partial charge in [0.15, 0.2) is 0 Å². The fourth-order valence-electron chi connectivity index (χ4n) is 2.54. The van der Waals surface area contributed by atoms with Crippen LogP contribution >= 0.6 is 0 Å². The Hall–Kier alpha value is -0.650. The molecule has 5 heteroatoms. The van der Waals surface area contributed by atoms with Gasteiger partial charge in [-0.15, -0.1) is 0 Å².